The summed E-state index contributed by atoms with van der Waals surface area (Å²) in [5, 5.41) is 0. The van der Waals surface area contributed by atoms with Crippen molar-refractivity contribution in [3.05, 3.63) is 24.0 Å². The minimum Gasteiger partial charge on any atom is -0.494 e. The van der Waals surface area contributed by atoms with Crippen LogP contribution >= 0.6 is 11.6 Å². The van der Waals surface area contributed by atoms with Crippen LogP contribution in [0.1, 0.15) is 44.5 Å². The summed E-state index contributed by atoms with van der Waals surface area (Å²) in [6.07, 6.45) is 5.06. The first-order valence-corrected chi connectivity index (χ1v) is 7.87. The third-order valence-electron chi connectivity index (χ3n) is 4.37. The van der Waals surface area contributed by atoms with Crippen molar-refractivity contribution in [2.45, 2.75) is 44.5 Å². The molecule has 0 spiro atoms. The Morgan fingerprint density at radius 1 is 1.40 bits per heavy atom. The molecule has 0 aliphatic heterocycles. The van der Waals surface area contributed by atoms with Gasteiger partial charge >= 0.3 is 0 Å². The molecule has 0 N–H and O–H groups in total. The Morgan fingerprint density at radius 3 is 2.95 bits per heavy atom. The van der Waals surface area contributed by atoms with Crippen LogP contribution in [0.4, 0.5) is 0 Å². The maximum Gasteiger partial charge on any atom is 0.146 e. The number of benzene rings is 1. The molecule has 3 nitrogen and oxygen atoms in total. The fourth-order valence-corrected chi connectivity index (χ4v) is 3.63. The molecule has 1 aromatic heterocycles. The van der Waals surface area contributed by atoms with Crippen molar-refractivity contribution in [2.75, 3.05) is 7.11 Å². The highest BCUT2D eigenvalue weighted by Crippen LogP contribution is 2.37. The number of alkyl halides is 1. The Morgan fingerprint density at radius 2 is 2.25 bits per heavy atom. The van der Waals surface area contributed by atoms with Gasteiger partial charge in [0.05, 0.1) is 18.5 Å². The molecular formula is C16H21ClN2O. The minimum atomic E-state index is 0.447. The van der Waals surface area contributed by atoms with Gasteiger partial charge in [0.15, 0.2) is 0 Å². The number of methoxy groups -OCH3 is 1. The van der Waals surface area contributed by atoms with E-state index < -0.39 is 0 Å². The number of rotatable bonds is 3. The standard InChI is InChI=1S/C16H21ClN2O/c1-11-5-3-6-12(9-11)19-13-7-4-8-14(20-2)16(13)18-15(19)10-17/h4,7-8,11-12H,3,5-6,9-10H2,1-2H3. The highest BCUT2D eigenvalue weighted by Gasteiger charge is 2.25. The van der Waals surface area contributed by atoms with Crippen molar-refractivity contribution >= 4 is 22.6 Å². The third kappa shape index (κ3) is 2.28. The van der Waals surface area contributed by atoms with E-state index in [1.165, 1.54) is 25.7 Å². The molecule has 1 saturated carbocycles. The molecule has 4 heteroatoms. The Labute approximate surface area is 124 Å². The lowest BCUT2D eigenvalue weighted by Crippen LogP contribution is -2.19. The van der Waals surface area contributed by atoms with E-state index in [4.69, 9.17) is 21.3 Å². The van der Waals surface area contributed by atoms with Gasteiger partial charge in [-0.15, -0.1) is 11.6 Å². The van der Waals surface area contributed by atoms with E-state index >= 15 is 0 Å². The molecule has 1 fully saturated rings. The molecule has 1 aliphatic rings. The highest BCUT2D eigenvalue weighted by molar-refractivity contribution is 6.16. The molecule has 20 heavy (non-hydrogen) atoms. The summed E-state index contributed by atoms with van der Waals surface area (Å²) in [6, 6.07) is 6.63. The van der Waals surface area contributed by atoms with Gasteiger partial charge in [-0.05, 0) is 30.9 Å². The van der Waals surface area contributed by atoms with Crippen LogP contribution in [0, 0.1) is 5.92 Å². The molecule has 2 aromatic rings. The summed E-state index contributed by atoms with van der Waals surface area (Å²) in [7, 11) is 1.69. The Bertz CT molecular complexity index is 608. The quantitative estimate of drug-likeness (QED) is 0.777. The Kier molecular flexibility index (Phi) is 3.88. The second kappa shape index (κ2) is 5.65. The number of fused-ring (bicyclic) bond motifs is 1. The second-order valence-corrected chi connectivity index (χ2v) is 6.05. The number of nitrogens with zero attached hydrogens (tertiary/aromatic N) is 2. The molecule has 2 unspecified atom stereocenters. The number of aromatic nitrogens is 2. The summed E-state index contributed by atoms with van der Waals surface area (Å²) in [5.41, 5.74) is 2.09. The minimum absolute atomic E-state index is 0.447. The van der Waals surface area contributed by atoms with Crippen molar-refractivity contribution in [2.24, 2.45) is 5.92 Å². The number of halogens is 1. The van der Waals surface area contributed by atoms with Gasteiger partial charge in [0.1, 0.15) is 17.1 Å². The van der Waals surface area contributed by atoms with Crippen LogP contribution in [0.3, 0.4) is 0 Å². The molecule has 108 valence electrons. The molecular weight excluding hydrogens is 272 g/mol. The molecule has 1 aliphatic carbocycles. The summed E-state index contributed by atoms with van der Waals surface area (Å²) in [6.45, 7) is 2.34. The molecule has 2 atom stereocenters. The van der Waals surface area contributed by atoms with Crippen LogP contribution in [0.2, 0.25) is 0 Å². The van der Waals surface area contributed by atoms with Gasteiger partial charge in [-0.25, -0.2) is 4.98 Å². The monoisotopic (exact) mass is 292 g/mol. The molecule has 0 amide bonds. The molecule has 1 heterocycles. The second-order valence-electron chi connectivity index (χ2n) is 5.79. The van der Waals surface area contributed by atoms with Crippen LogP contribution in [0.25, 0.3) is 11.0 Å². The van der Waals surface area contributed by atoms with Crippen molar-refractivity contribution in [3.8, 4) is 5.75 Å². The van der Waals surface area contributed by atoms with Gasteiger partial charge in [0.25, 0.3) is 0 Å². The lowest BCUT2D eigenvalue weighted by molar-refractivity contribution is 0.283. The molecule has 3 rings (SSSR count). The third-order valence-corrected chi connectivity index (χ3v) is 4.61. The molecule has 0 radical (unpaired) electrons. The lowest BCUT2D eigenvalue weighted by atomic mass is 9.87. The largest absolute Gasteiger partial charge is 0.494 e. The predicted molar refractivity (Wildman–Crippen MR) is 82.5 cm³/mol. The fourth-order valence-electron chi connectivity index (χ4n) is 3.44. The van der Waals surface area contributed by atoms with Crippen molar-refractivity contribution in [3.63, 3.8) is 0 Å². The predicted octanol–water partition coefficient (Wildman–Crippen LogP) is 4.53. The maximum absolute atomic E-state index is 6.13. The normalized spacial score (nSPS) is 23.1. The molecule has 0 saturated heterocycles. The molecule has 1 aromatic carbocycles. The van der Waals surface area contributed by atoms with Crippen LogP contribution in [0.15, 0.2) is 18.2 Å². The molecule has 0 bridgehead atoms. The summed E-state index contributed by atoms with van der Waals surface area (Å²) < 4.78 is 7.78. The number of para-hydroxylation sites is 1. The van der Waals surface area contributed by atoms with Crippen molar-refractivity contribution in [1.29, 1.82) is 0 Å². The van der Waals surface area contributed by atoms with Crippen LogP contribution in [0.5, 0.6) is 5.75 Å². The SMILES string of the molecule is COc1cccc2c1nc(CCl)n2C1CCCC(C)C1. The Balaban J connectivity index is 2.13. The van der Waals surface area contributed by atoms with Gasteiger partial charge < -0.3 is 9.30 Å². The first-order chi connectivity index (χ1) is 9.74. The van der Waals surface area contributed by atoms with E-state index in [1.807, 2.05) is 12.1 Å². The summed E-state index contributed by atoms with van der Waals surface area (Å²) in [5.74, 6) is 3.02. The van der Waals surface area contributed by atoms with Crippen molar-refractivity contribution in [1.82, 2.24) is 9.55 Å². The van der Waals surface area contributed by atoms with E-state index in [2.05, 4.69) is 17.6 Å². The maximum atomic E-state index is 6.13. The topological polar surface area (TPSA) is 27.1 Å². The highest BCUT2D eigenvalue weighted by atomic mass is 35.5. The van der Waals surface area contributed by atoms with E-state index in [-0.39, 0.29) is 0 Å². The fraction of sp³-hybridized carbons (Fsp3) is 0.562. The van der Waals surface area contributed by atoms with Crippen LogP contribution in [-0.4, -0.2) is 16.7 Å². The van der Waals surface area contributed by atoms with Gasteiger partial charge in [-0.2, -0.15) is 0 Å². The van der Waals surface area contributed by atoms with Crippen LogP contribution in [-0.2, 0) is 5.88 Å². The van der Waals surface area contributed by atoms with E-state index in [0.717, 1.165) is 28.5 Å². The smallest absolute Gasteiger partial charge is 0.146 e. The first kappa shape index (κ1) is 13.7. The average Bonchev–Trinajstić information content (AvgIpc) is 2.85. The van der Waals surface area contributed by atoms with Gasteiger partial charge in [0, 0.05) is 6.04 Å². The zero-order valence-electron chi connectivity index (χ0n) is 12.1. The number of ether oxygens (including phenoxy) is 1. The van der Waals surface area contributed by atoms with Gasteiger partial charge in [-0.3, -0.25) is 0 Å². The van der Waals surface area contributed by atoms with Crippen LogP contribution < -0.4 is 4.74 Å². The lowest BCUT2D eigenvalue weighted by Gasteiger charge is -2.29. The zero-order chi connectivity index (χ0) is 14.1. The van der Waals surface area contributed by atoms with Crippen molar-refractivity contribution < 1.29 is 4.74 Å². The van der Waals surface area contributed by atoms with E-state index in [0.29, 0.717) is 11.9 Å². The van der Waals surface area contributed by atoms with Gasteiger partial charge in [0.2, 0.25) is 0 Å². The number of imidazole rings is 1. The van der Waals surface area contributed by atoms with Gasteiger partial charge in [-0.1, -0.05) is 25.8 Å². The number of hydrogen-bond donors (Lipinski definition) is 0. The van der Waals surface area contributed by atoms with E-state index in [9.17, 15) is 0 Å². The zero-order valence-corrected chi connectivity index (χ0v) is 12.9. The summed E-state index contributed by atoms with van der Waals surface area (Å²) in [4.78, 5) is 4.71. The average molecular weight is 293 g/mol. The number of hydrogen-bond acceptors (Lipinski definition) is 2. The Hall–Kier alpha value is -1.22. The summed E-state index contributed by atoms with van der Waals surface area (Å²) >= 11 is 6.13. The van der Waals surface area contributed by atoms with E-state index in [1.54, 1.807) is 7.11 Å². The first-order valence-electron chi connectivity index (χ1n) is 7.34.